The van der Waals surface area contributed by atoms with E-state index in [4.69, 9.17) is 9.73 Å². The summed E-state index contributed by atoms with van der Waals surface area (Å²) in [5.41, 5.74) is 4.83. The van der Waals surface area contributed by atoms with E-state index >= 15 is 0 Å². The van der Waals surface area contributed by atoms with Crippen molar-refractivity contribution in [1.82, 2.24) is 9.80 Å². The number of aliphatic imine (C=N–C) groups is 1. The molecule has 1 amide bonds. The standard InChI is InChI=1S/C28H31N3O3S/c1-5-30(6-2)23(32)17-22-18-35-28-29-25(20-13-9-8-10-14-20)24(27(33)34-7-3)26(31(22)28)21-15-11-12-19(4)16-21/h8-16,18,26H,5-7,17H2,1-4H3. The van der Waals surface area contributed by atoms with Gasteiger partial charge in [0, 0.05) is 24.4 Å². The number of carbonyl (C=O) groups is 2. The summed E-state index contributed by atoms with van der Waals surface area (Å²) in [6, 6.07) is 17.4. The molecule has 2 aromatic carbocycles. The zero-order valence-corrected chi connectivity index (χ0v) is 21.5. The van der Waals surface area contributed by atoms with Crippen molar-refractivity contribution < 1.29 is 14.3 Å². The molecule has 2 aliphatic heterocycles. The van der Waals surface area contributed by atoms with Crippen LogP contribution in [0.3, 0.4) is 0 Å². The van der Waals surface area contributed by atoms with E-state index in [0.29, 0.717) is 24.4 Å². The maximum absolute atomic E-state index is 13.5. The molecule has 0 spiro atoms. The van der Waals surface area contributed by atoms with Gasteiger partial charge in [-0.3, -0.25) is 4.79 Å². The third kappa shape index (κ3) is 5.05. The lowest BCUT2D eigenvalue weighted by atomic mass is 9.90. The van der Waals surface area contributed by atoms with Crippen molar-refractivity contribution in [1.29, 1.82) is 0 Å². The van der Waals surface area contributed by atoms with E-state index in [0.717, 1.165) is 27.6 Å². The van der Waals surface area contributed by atoms with Crippen LogP contribution in [0.2, 0.25) is 0 Å². The van der Waals surface area contributed by atoms with Gasteiger partial charge in [-0.2, -0.15) is 0 Å². The summed E-state index contributed by atoms with van der Waals surface area (Å²) in [6.07, 6.45) is 0.243. The first kappa shape index (κ1) is 24.8. The highest BCUT2D eigenvalue weighted by atomic mass is 32.2. The SMILES string of the molecule is CCOC(=O)C1=C(c2ccccc2)N=C2SC=C(CC(=O)N(CC)CC)N2C1c1cccc(C)c1. The third-order valence-electron chi connectivity index (χ3n) is 6.16. The molecule has 0 N–H and O–H groups in total. The Hall–Kier alpha value is -3.32. The zero-order chi connectivity index (χ0) is 24.9. The van der Waals surface area contributed by atoms with Crippen molar-refractivity contribution in [3.63, 3.8) is 0 Å². The Bertz CT molecular complexity index is 1200. The fourth-order valence-electron chi connectivity index (χ4n) is 4.49. The van der Waals surface area contributed by atoms with Crippen molar-refractivity contribution in [2.45, 2.75) is 40.2 Å². The molecule has 0 saturated carbocycles. The van der Waals surface area contributed by atoms with Crippen molar-refractivity contribution in [2.75, 3.05) is 19.7 Å². The Labute approximate surface area is 211 Å². The number of carbonyl (C=O) groups excluding carboxylic acids is 2. The number of esters is 1. The molecule has 1 atom stereocenters. The number of benzene rings is 2. The van der Waals surface area contributed by atoms with Crippen LogP contribution in [0.15, 0.2) is 76.3 Å². The largest absolute Gasteiger partial charge is 0.463 e. The summed E-state index contributed by atoms with van der Waals surface area (Å²) in [6.45, 7) is 9.38. The highest BCUT2D eigenvalue weighted by Crippen LogP contribution is 2.47. The van der Waals surface area contributed by atoms with E-state index < -0.39 is 12.0 Å². The van der Waals surface area contributed by atoms with Gasteiger partial charge in [-0.25, -0.2) is 9.79 Å². The zero-order valence-electron chi connectivity index (χ0n) is 20.7. The maximum Gasteiger partial charge on any atom is 0.338 e. The van der Waals surface area contributed by atoms with Crippen LogP contribution in [-0.2, 0) is 14.3 Å². The summed E-state index contributed by atoms with van der Waals surface area (Å²) < 4.78 is 5.56. The smallest absolute Gasteiger partial charge is 0.338 e. The molecular formula is C28H31N3O3S. The number of fused-ring (bicyclic) bond motifs is 1. The highest BCUT2D eigenvalue weighted by Gasteiger charge is 2.42. The molecule has 182 valence electrons. The molecule has 0 aromatic heterocycles. The monoisotopic (exact) mass is 489 g/mol. The second-order valence-electron chi connectivity index (χ2n) is 8.40. The number of amides is 1. The Kier molecular flexibility index (Phi) is 7.76. The lowest BCUT2D eigenvalue weighted by molar-refractivity contribution is -0.139. The van der Waals surface area contributed by atoms with Crippen LogP contribution in [0.4, 0.5) is 0 Å². The topological polar surface area (TPSA) is 62.2 Å². The van der Waals surface area contributed by atoms with Crippen LogP contribution < -0.4 is 0 Å². The first-order chi connectivity index (χ1) is 17.0. The minimum atomic E-state index is -0.456. The molecule has 2 aliphatic rings. The van der Waals surface area contributed by atoms with E-state index in [1.807, 2.05) is 84.5 Å². The molecule has 4 rings (SSSR count). The molecule has 1 unspecified atom stereocenters. The summed E-state index contributed by atoms with van der Waals surface area (Å²) in [5.74, 6) is -0.339. The normalized spacial score (nSPS) is 17.0. The van der Waals surface area contributed by atoms with Crippen LogP contribution in [0.5, 0.6) is 0 Å². The number of amidine groups is 1. The third-order valence-corrected chi connectivity index (χ3v) is 7.05. The molecule has 0 fully saturated rings. The highest BCUT2D eigenvalue weighted by molar-refractivity contribution is 8.16. The number of aryl methyl sites for hydroxylation is 1. The van der Waals surface area contributed by atoms with E-state index in [1.165, 1.54) is 11.8 Å². The lowest BCUT2D eigenvalue weighted by Gasteiger charge is -2.37. The molecule has 2 heterocycles. The average molecular weight is 490 g/mol. The van der Waals surface area contributed by atoms with Crippen LogP contribution in [-0.4, -0.2) is 46.5 Å². The second-order valence-corrected chi connectivity index (χ2v) is 9.24. The first-order valence-electron chi connectivity index (χ1n) is 12.0. The Balaban J connectivity index is 1.87. The second kappa shape index (κ2) is 11.0. The van der Waals surface area contributed by atoms with Crippen LogP contribution in [0.25, 0.3) is 5.70 Å². The summed E-state index contributed by atoms with van der Waals surface area (Å²) in [5, 5.41) is 2.74. The van der Waals surface area contributed by atoms with Gasteiger partial charge in [0.05, 0.1) is 30.3 Å². The van der Waals surface area contributed by atoms with Gasteiger partial charge in [-0.15, -0.1) is 0 Å². The maximum atomic E-state index is 13.5. The Morgan fingerprint density at radius 3 is 2.46 bits per heavy atom. The van der Waals surface area contributed by atoms with Crippen molar-refractivity contribution in [2.24, 2.45) is 4.99 Å². The van der Waals surface area contributed by atoms with Gasteiger partial charge in [-0.05, 0) is 38.7 Å². The van der Waals surface area contributed by atoms with Crippen LogP contribution in [0.1, 0.15) is 49.9 Å². The van der Waals surface area contributed by atoms with E-state index in [2.05, 4.69) is 6.07 Å². The van der Waals surface area contributed by atoms with E-state index in [9.17, 15) is 9.59 Å². The number of nitrogens with zero attached hydrogens (tertiary/aromatic N) is 3. The van der Waals surface area contributed by atoms with Crippen molar-refractivity contribution in [3.8, 4) is 0 Å². The van der Waals surface area contributed by atoms with E-state index in [1.54, 1.807) is 6.92 Å². The molecule has 6 nitrogen and oxygen atoms in total. The van der Waals surface area contributed by atoms with Gasteiger partial charge in [0.25, 0.3) is 0 Å². The van der Waals surface area contributed by atoms with Crippen LogP contribution in [0, 0.1) is 6.92 Å². The van der Waals surface area contributed by atoms with Crippen LogP contribution >= 0.6 is 11.8 Å². The molecule has 0 bridgehead atoms. The number of rotatable bonds is 8. The predicted octanol–water partition coefficient (Wildman–Crippen LogP) is 5.53. The van der Waals surface area contributed by atoms with Crippen molar-refractivity contribution >= 4 is 34.5 Å². The number of hydrogen-bond donors (Lipinski definition) is 0. The minimum Gasteiger partial charge on any atom is -0.463 e. The molecule has 7 heteroatoms. The molecule has 0 aliphatic carbocycles. The molecule has 2 aromatic rings. The number of ether oxygens (including phenoxy) is 1. The summed E-state index contributed by atoms with van der Waals surface area (Å²) in [7, 11) is 0. The van der Waals surface area contributed by atoms with Gasteiger partial charge in [0.2, 0.25) is 5.91 Å². The number of hydrogen-bond acceptors (Lipinski definition) is 6. The fourth-order valence-corrected chi connectivity index (χ4v) is 5.41. The van der Waals surface area contributed by atoms with Gasteiger partial charge >= 0.3 is 5.97 Å². The molecule has 0 saturated heterocycles. The molecular weight excluding hydrogens is 458 g/mol. The Morgan fingerprint density at radius 1 is 1.06 bits per heavy atom. The van der Waals surface area contributed by atoms with Gasteiger partial charge in [0.1, 0.15) is 0 Å². The predicted molar refractivity (Wildman–Crippen MR) is 141 cm³/mol. The van der Waals surface area contributed by atoms with Gasteiger partial charge < -0.3 is 14.5 Å². The fraction of sp³-hybridized carbons (Fsp3) is 0.321. The summed E-state index contributed by atoms with van der Waals surface area (Å²) in [4.78, 5) is 35.3. The first-order valence-corrected chi connectivity index (χ1v) is 12.9. The Morgan fingerprint density at radius 2 is 1.80 bits per heavy atom. The van der Waals surface area contributed by atoms with E-state index in [-0.39, 0.29) is 18.9 Å². The minimum absolute atomic E-state index is 0.0570. The number of thioether (sulfide) groups is 1. The quantitative estimate of drug-likeness (QED) is 0.457. The van der Waals surface area contributed by atoms with Gasteiger partial charge in [0.15, 0.2) is 5.17 Å². The average Bonchev–Trinajstić information content (AvgIpc) is 3.26. The molecule has 35 heavy (non-hydrogen) atoms. The van der Waals surface area contributed by atoms with Crippen molar-refractivity contribution in [3.05, 3.63) is 88.0 Å². The molecule has 0 radical (unpaired) electrons. The summed E-state index contributed by atoms with van der Waals surface area (Å²) >= 11 is 1.49. The lowest BCUT2D eigenvalue weighted by Crippen LogP contribution is -2.39. The van der Waals surface area contributed by atoms with Gasteiger partial charge in [-0.1, -0.05) is 71.9 Å².